The van der Waals surface area contributed by atoms with E-state index in [1.807, 2.05) is 6.26 Å². The molecule has 0 spiro atoms. The summed E-state index contributed by atoms with van der Waals surface area (Å²) >= 11 is 1.70. The van der Waals surface area contributed by atoms with E-state index >= 15 is 0 Å². The molecule has 0 saturated heterocycles. The summed E-state index contributed by atoms with van der Waals surface area (Å²) in [5.74, 6) is 2.68. The Hall–Kier alpha value is -1.04. The zero-order chi connectivity index (χ0) is 23.1. The topological polar surface area (TPSA) is 76.0 Å². The highest BCUT2D eigenvalue weighted by Crippen LogP contribution is 2.65. The van der Waals surface area contributed by atoms with Gasteiger partial charge in [0.15, 0.2) is 0 Å². The highest BCUT2D eigenvalue weighted by atomic mass is 32.2. The van der Waals surface area contributed by atoms with Crippen LogP contribution in [0.3, 0.4) is 0 Å². The lowest BCUT2D eigenvalue weighted by molar-refractivity contribution is -0.158. The number of fused-ring (bicyclic) bond motifs is 5. The monoisotopic (exact) mass is 463 g/mol. The van der Waals surface area contributed by atoms with E-state index < -0.39 is 12.0 Å². The van der Waals surface area contributed by atoms with Crippen molar-refractivity contribution in [1.82, 2.24) is 0 Å². The molecular formula is C26H41NO4S. The van der Waals surface area contributed by atoms with Gasteiger partial charge < -0.3 is 9.84 Å². The molecule has 6 heteroatoms. The van der Waals surface area contributed by atoms with Crippen LogP contribution in [0.4, 0.5) is 0 Å². The fraction of sp³-hybridized carbons (Fsp3) is 0.885. The number of carbonyl (C=O) groups is 2. The van der Waals surface area contributed by atoms with Gasteiger partial charge in [0.25, 0.3) is 0 Å². The molecule has 1 unspecified atom stereocenters. The van der Waals surface area contributed by atoms with Crippen LogP contribution in [-0.2, 0) is 14.3 Å². The van der Waals surface area contributed by atoms with E-state index in [2.05, 4.69) is 13.8 Å². The summed E-state index contributed by atoms with van der Waals surface area (Å²) in [6, 6.07) is -0.587. The van der Waals surface area contributed by atoms with Crippen molar-refractivity contribution in [3.8, 4) is 0 Å². The number of rotatable bonds is 6. The Labute approximate surface area is 197 Å². The fourth-order valence-electron chi connectivity index (χ4n) is 8.22. The van der Waals surface area contributed by atoms with Crippen molar-refractivity contribution in [2.45, 2.75) is 97.1 Å². The molecular weight excluding hydrogens is 422 g/mol. The van der Waals surface area contributed by atoms with Crippen molar-refractivity contribution in [2.24, 2.45) is 39.5 Å². The third-order valence-electron chi connectivity index (χ3n) is 9.88. The van der Waals surface area contributed by atoms with Gasteiger partial charge in [-0.1, -0.05) is 13.8 Å². The summed E-state index contributed by atoms with van der Waals surface area (Å²) in [6.07, 6.45) is 13.0. The zero-order valence-corrected chi connectivity index (χ0v) is 21.1. The Balaban J connectivity index is 1.51. The lowest BCUT2D eigenvalue weighted by atomic mass is 9.45. The first-order valence-corrected chi connectivity index (χ1v) is 14.0. The van der Waals surface area contributed by atoms with Crippen LogP contribution in [0, 0.1) is 34.5 Å². The highest BCUT2D eigenvalue weighted by Gasteiger charge is 2.59. The predicted molar refractivity (Wildman–Crippen MR) is 129 cm³/mol. The first-order valence-electron chi connectivity index (χ1n) is 12.6. The van der Waals surface area contributed by atoms with Crippen LogP contribution in [-0.4, -0.2) is 46.9 Å². The molecule has 32 heavy (non-hydrogen) atoms. The summed E-state index contributed by atoms with van der Waals surface area (Å²) in [6.45, 7) is 6.44. The molecule has 4 fully saturated rings. The van der Waals surface area contributed by atoms with E-state index in [0.717, 1.165) is 49.7 Å². The fourth-order valence-corrected chi connectivity index (χ4v) is 8.68. The van der Waals surface area contributed by atoms with E-state index in [1.165, 1.54) is 38.3 Å². The minimum atomic E-state index is -0.773. The van der Waals surface area contributed by atoms with Gasteiger partial charge in [0.2, 0.25) is 0 Å². The lowest BCUT2D eigenvalue weighted by Crippen LogP contribution is -2.54. The van der Waals surface area contributed by atoms with Crippen molar-refractivity contribution in [1.29, 1.82) is 0 Å². The third-order valence-corrected chi connectivity index (χ3v) is 10.5. The Bertz CT molecular complexity index is 769. The maximum Gasteiger partial charge on any atom is 0.328 e. The average molecular weight is 464 g/mol. The van der Waals surface area contributed by atoms with Crippen molar-refractivity contribution in [2.75, 3.05) is 12.0 Å². The first kappa shape index (κ1) is 24.1. The second-order valence-electron chi connectivity index (χ2n) is 11.4. The summed E-state index contributed by atoms with van der Waals surface area (Å²) in [5, 5.41) is 9.72. The number of aliphatic imine (C=N–C) groups is 1. The van der Waals surface area contributed by atoms with Crippen LogP contribution >= 0.6 is 11.8 Å². The van der Waals surface area contributed by atoms with Crippen LogP contribution < -0.4 is 0 Å². The molecule has 0 bridgehead atoms. The number of hydrogen-bond acceptors (Lipinski definition) is 5. The summed E-state index contributed by atoms with van der Waals surface area (Å²) in [7, 11) is 0. The Kier molecular flexibility index (Phi) is 7.01. The number of aliphatic carboxylic acids is 1. The van der Waals surface area contributed by atoms with Gasteiger partial charge in [0, 0.05) is 18.1 Å². The van der Waals surface area contributed by atoms with E-state index in [-0.39, 0.29) is 17.5 Å². The summed E-state index contributed by atoms with van der Waals surface area (Å²) < 4.78 is 5.60. The van der Waals surface area contributed by atoms with Crippen LogP contribution in [0.1, 0.15) is 85.0 Å². The Morgan fingerprint density at radius 1 is 1.16 bits per heavy atom. The van der Waals surface area contributed by atoms with Crippen LogP contribution in [0.15, 0.2) is 4.99 Å². The largest absolute Gasteiger partial charge is 0.480 e. The second kappa shape index (κ2) is 9.31. The number of carbonyl (C=O) groups excluding carboxylic acids is 1. The quantitative estimate of drug-likeness (QED) is 0.518. The second-order valence-corrected chi connectivity index (χ2v) is 12.4. The van der Waals surface area contributed by atoms with Crippen LogP contribution in [0.25, 0.3) is 0 Å². The number of thioether (sulfide) groups is 1. The van der Waals surface area contributed by atoms with Gasteiger partial charge in [-0.2, -0.15) is 11.8 Å². The molecule has 0 amide bonds. The van der Waals surface area contributed by atoms with Gasteiger partial charge >= 0.3 is 11.9 Å². The minimum absolute atomic E-state index is 0.0758. The molecule has 0 aliphatic heterocycles. The maximum absolute atomic E-state index is 11.8. The van der Waals surface area contributed by atoms with Gasteiger partial charge in [0.1, 0.15) is 12.1 Å². The number of carboxylic acid groups (broad SMARTS) is 1. The first-order chi connectivity index (χ1) is 15.2. The molecule has 4 aliphatic carbocycles. The van der Waals surface area contributed by atoms with E-state index in [1.54, 1.807) is 11.8 Å². The molecule has 0 radical (unpaired) electrons. The van der Waals surface area contributed by atoms with Crippen molar-refractivity contribution < 1.29 is 19.4 Å². The number of esters is 1. The van der Waals surface area contributed by atoms with Crippen molar-refractivity contribution in [3.63, 3.8) is 0 Å². The smallest absolute Gasteiger partial charge is 0.328 e. The normalized spacial score (nSPS) is 43.1. The van der Waals surface area contributed by atoms with Gasteiger partial charge in [-0.25, -0.2) is 4.79 Å². The average Bonchev–Trinajstić information content (AvgIpc) is 3.07. The van der Waals surface area contributed by atoms with Gasteiger partial charge in [-0.3, -0.25) is 9.79 Å². The van der Waals surface area contributed by atoms with Crippen LogP contribution in [0.5, 0.6) is 0 Å². The van der Waals surface area contributed by atoms with E-state index in [0.29, 0.717) is 23.7 Å². The van der Waals surface area contributed by atoms with Gasteiger partial charge in [-0.05, 0) is 105 Å². The summed E-state index contributed by atoms with van der Waals surface area (Å²) in [5.41, 5.74) is 1.62. The highest BCUT2D eigenvalue weighted by molar-refractivity contribution is 7.98. The van der Waals surface area contributed by atoms with Gasteiger partial charge in [0.05, 0.1) is 0 Å². The van der Waals surface area contributed by atoms with E-state index in [9.17, 15) is 14.7 Å². The molecule has 4 aliphatic rings. The molecule has 1 N–H and O–H groups in total. The molecule has 0 aromatic carbocycles. The number of ether oxygens (including phenoxy) is 1. The van der Waals surface area contributed by atoms with Crippen molar-refractivity contribution in [3.05, 3.63) is 0 Å². The molecule has 4 rings (SSSR count). The van der Waals surface area contributed by atoms with Crippen molar-refractivity contribution >= 4 is 29.4 Å². The molecule has 5 nitrogen and oxygen atoms in total. The van der Waals surface area contributed by atoms with Gasteiger partial charge in [-0.15, -0.1) is 0 Å². The third kappa shape index (κ3) is 4.25. The molecule has 0 heterocycles. The molecule has 0 aromatic heterocycles. The summed E-state index contributed by atoms with van der Waals surface area (Å²) in [4.78, 5) is 28.2. The number of carboxylic acids is 1. The number of hydrogen-bond donors (Lipinski definition) is 1. The molecule has 8 atom stereocenters. The molecule has 4 saturated carbocycles. The van der Waals surface area contributed by atoms with E-state index in [4.69, 9.17) is 9.73 Å². The molecule has 0 aromatic rings. The minimum Gasteiger partial charge on any atom is -0.480 e. The SMILES string of the molecule is CSCCC(N=C1CC[C@H]2[C@@H]3CC[C@H]4C[C@@H](OC(C)=O)CC[C@]4(C)[C@H]3CC[C@]12C)C(=O)O. The van der Waals surface area contributed by atoms with Crippen LogP contribution in [0.2, 0.25) is 0 Å². The Morgan fingerprint density at radius 3 is 2.62 bits per heavy atom. The Morgan fingerprint density at radius 2 is 1.94 bits per heavy atom. The number of nitrogens with zero attached hydrogens (tertiary/aromatic N) is 1. The predicted octanol–water partition coefficient (Wildman–Crippen LogP) is 5.61. The molecule has 180 valence electrons. The maximum atomic E-state index is 11.8. The standard InChI is InChI=1S/C26H41NO4S/c1-16(28)31-18-9-12-25(2)17(15-18)5-6-19-20-7-8-23(26(20,3)13-10-21(19)25)27-22(24(29)30)11-14-32-4/h17-22H,5-15H2,1-4H3,(H,29,30)/t17-,18-,19-,20-,21-,22?,25-,26-/m0/s1. The zero-order valence-electron chi connectivity index (χ0n) is 20.3. The lowest BCUT2D eigenvalue weighted by Gasteiger charge is -2.60.